The largest absolute Gasteiger partial charge is 0.444 e. The Morgan fingerprint density at radius 1 is 1.19 bits per heavy atom. The van der Waals surface area contributed by atoms with E-state index < -0.39 is 11.7 Å². The van der Waals surface area contributed by atoms with Crippen molar-refractivity contribution in [1.29, 1.82) is 0 Å². The molecule has 2 aliphatic carbocycles. The van der Waals surface area contributed by atoms with Gasteiger partial charge in [0.15, 0.2) is 0 Å². The smallest absolute Gasteiger partial charge is 0.413 e. The van der Waals surface area contributed by atoms with Crippen LogP contribution in [0.15, 0.2) is 48.7 Å². The second-order valence-corrected chi connectivity index (χ2v) is 10.9. The standard InChI is InChI=1S/C27H35N3O2/c1-26(2,3)32-25(31)30-24-14-17(12-13-29-24)16-27(4,5)22-15-21(22)19-10-11-23(28)20-9-7-6-8-18(19)20/h6-9,11-14,19,21-22H,10,15-16,28H2,1-5H3,(H,29,30,31). The van der Waals surface area contributed by atoms with E-state index in [9.17, 15) is 4.79 Å². The van der Waals surface area contributed by atoms with Gasteiger partial charge in [0.25, 0.3) is 0 Å². The molecule has 0 aliphatic heterocycles. The van der Waals surface area contributed by atoms with Gasteiger partial charge in [-0.25, -0.2) is 9.78 Å². The molecular formula is C27H35N3O2. The number of hydrogen-bond donors (Lipinski definition) is 2. The van der Waals surface area contributed by atoms with Gasteiger partial charge in [-0.2, -0.15) is 0 Å². The van der Waals surface area contributed by atoms with Gasteiger partial charge in [-0.15, -0.1) is 0 Å². The molecule has 3 N–H and O–H groups in total. The minimum Gasteiger partial charge on any atom is -0.444 e. The quantitative estimate of drug-likeness (QED) is 0.595. The van der Waals surface area contributed by atoms with Gasteiger partial charge in [-0.05, 0) is 86.5 Å². The lowest BCUT2D eigenvalue weighted by Gasteiger charge is -2.29. The molecule has 5 nitrogen and oxygen atoms in total. The highest BCUT2D eigenvalue weighted by molar-refractivity contribution is 5.83. The molecule has 32 heavy (non-hydrogen) atoms. The van der Waals surface area contributed by atoms with Crippen molar-refractivity contribution >= 4 is 17.6 Å². The van der Waals surface area contributed by atoms with Crippen LogP contribution in [-0.4, -0.2) is 16.7 Å². The fraction of sp³-hybridized carbons (Fsp3) is 0.481. The van der Waals surface area contributed by atoms with E-state index >= 15 is 0 Å². The number of nitrogens with zero attached hydrogens (tertiary/aromatic N) is 1. The predicted octanol–water partition coefficient (Wildman–Crippen LogP) is 6.12. The van der Waals surface area contributed by atoms with E-state index in [1.165, 1.54) is 23.1 Å². The average Bonchev–Trinajstić information content (AvgIpc) is 3.48. The Bertz CT molecular complexity index is 1040. The van der Waals surface area contributed by atoms with Crippen LogP contribution in [0.2, 0.25) is 0 Å². The van der Waals surface area contributed by atoms with Crippen LogP contribution in [0.4, 0.5) is 10.6 Å². The summed E-state index contributed by atoms with van der Waals surface area (Å²) in [7, 11) is 0. The van der Waals surface area contributed by atoms with Crippen LogP contribution in [0, 0.1) is 17.3 Å². The number of pyridine rings is 1. The maximum atomic E-state index is 12.1. The topological polar surface area (TPSA) is 77.2 Å². The number of hydrogen-bond acceptors (Lipinski definition) is 4. The third kappa shape index (κ3) is 4.98. The number of carbonyl (C=O) groups is 1. The van der Waals surface area contributed by atoms with Crippen molar-refractivity contribution in [3.8, 4) is 0 Å². The molecule has 1 heterocycles. The van der Waals surface area contributed by atoms with Crippen molar-refractivity contribution in [2.24, 2.45) is 23.0 Å². The molecule has 4 rings (SSSR count). The van der Waals surface area contributed by atoms with E-state index in [0.717, 1.165) is 18.5 Å². The van der Waals surface area contributed by atoms with E-state index in [0.29, 0.717) is 23.6 Å². The third-order valence-electron chi connectivity index (χ3n) is 6.74. The summed E-state index contributed by atoms with van der Waals surface area (Å²) in [6.45, 7) is 10.3. The fourth-order valence-corrected chi connectivity index (χ4v) is 5.26. The van der Waals surface area contributed by atoms with Crippen LogP contribution in [0.3, 0.4) is 0 Å². The molecule has 1 amide bonds. The van der Waals surface area contributed by atoms with Crippen molar-refractivity contribution in [2.45, 2.75) is 65.4 Å². The summed E-state index contributed by atoms with van der Waals surface area (Å²) in [5.41, 5.74) is 10.6. The number of aromatic nitrogens is 1. The zero-order valence-corrected chi connectivity index (χ0v) is 19.8. The summed E-state index contributed by atoms with van der Waals surface area (Å²) >= 11 is 0. The molecule has 3 atom stereocenters. The van der Waals surface area contributed by atoms with Crippen molar-refractivity contribution in [1.82, 2.24) is 4.98 Å². The summed E-state index contributed by atoms with van der Waals surface area (Å²) in [6.07, 6.45) is 6.69. The first-order valence-corrected chi connectivity index (χ1v) is 11.5. The molecule has 1 aromatic carbocycles. The summed E-state index contributed by atoms with van der Waals surface area (Å²) < 4.78 is 5.34. The lowest BCUT2D eigenvalue weighted by molar-refractivity contribution is 0.0635. The first kappa shape index (κ1) is 22.4. The molecule has 3 unspecified atom stereocenters. The lowest BCUT2D eigenvalue weighted by Crippen LogP contribution is -2.27. The van der Waals surface area contributed by atoms with E-state index in [-0.39, 0.29) is 5.41 Å². The Kier molecular flexibility index (Phi) is 5.78. The molecule has 0 spiro atoms. The summed E-state index contributed by atoms with van der Waals surface area (Å²) in [5.74, 6) is 2.41. The lowest BCUT2D eigenvalue weighted by atomic mass is 9.76. The van der Waals surface area contributed by atoms with Gasteiger partial charge >= 0.3 is 6.09 Å². The van der Waals surface area contributed by atoms with Crippen LogP contribution in [0.25, 0.3) is 5.70 Å². The van der Waals surface area contributed by atoms with Gasteiger partial charge in [0.05, 0.1) is 0 Å². The number of carbonyl (C=O) groups excluding carboxylic acids is 1. The van der Waals surface area contributed by atoms with Gasteiger partial charge < -0.3 is 10.5 Å². The number of allylic oxidation sites excluding steroid dienone is 1. The number of nitrogens with one attached hydrogen (secondary N) is 1. The number of rotatable bonds is 5. The van der Waals surface area contributed by atoms with Crippen LogP contribution < -0.4 is 11.1 Å². The second kappa shape index (κ2) is 8.27. The molecule has 0 bridgehead atoms. The third-order valence-corrected chi connectivity index (χ3v) is 6.74. The normalized spacial score (nSPS) is 22.5. The summed E-state index contributed by atoms with van der Waals surface area (Å²) in [4.78, 5) is 16.4. The molecule has 1 aromatic heterocycles. The van der Waals surface area contributed by atoms with Crippen molar-refractivity contribution in [3.05, 3.63) is 65.4 Å². The van der Waals surface area contributed by atoms with Crippen molar-refractivity contribution in [2.75, 3.05) is 5.32 Å². The molecule has 0 saturated heterocycles. The molecule has 0 radical (unpaired) electrons. The SMILES string of the molecule is CC(C)(C)OC(=O)Nc1cc(CC(C)(C)C2CC2C2CC=C(N)c3ccccc32)ccn1. The summed E-state index contributed by atoms with van der Waals surface area (Å²) in [6, 6.07) is 12.6. The van der Waals surface area contributed by atoms with Crippen LogP contribution in [-0.2, 0) is 11.2 Å². The zero-order chi connectivity index (χ0) is 23.1. The average molecular weight is 434 g/mol. The maximum Gasteiger partial charge on any atom is 0.413 e. The number of anilines is 1. The van der Waals surface area contributed by atoms with E-state index in [4.69, 9.17) is 10.5 Å². The minimum absolute atomic E-state index is 0.150. The zero-order valence-electron chi connectivity index (χ0n) is 19.8. The van der Waals surface area contributed by atoms with Gasteiger partial charge in [0.1, 0.15) is 11.4 Å². The minimum atomic E-state index is -0.539. The Hall–Kier alpha value is -2.82. The number of ether oxygens (including phenoxy) is 1. The maximum absolute atomic E-state index is 12.1. The molecule has 2 aromatic rings. The number of amides is 1. The molecule has 1 fully saturated rings. The molecule has 5 heteroatoms. The second-order valence-electron chi connectivity index (χ2n) is 10.9. The predicted molar refractivity (Wildman–Crippen MR) is 129 cm³/mol. The Balaban J connectivity index is 1.42. The van der Waals surface area contributed by atoms with Crippen molar-refractivity contribution < 1.29 is 9.53 Å². The van der Waals surface area contributed by atoms with E-state index in [1.807, 2.05) is 32.9 Å². The van der Waals surface area contributed by atoms with E-state index in [1.54, 1.807) is 6.20 Å². The number of nitrogens with two attached hydrogens (primary N) is 1. The Labute approximate surface area is 191 Å². The number of fused-ring (bicyclic) bond motifs is 1. The van der Waals surface area contributed by atoms with Crippen LogP contribution >= 0.6 is 0 Å². The first-order valence-electron chi connectivity index (χ1n) is 11.5. The molecular weight excluding hydrogens is 398 g/mol. The molecule has 2 aliphatic rings. The van der Waals surface area contributed by atoms with Gasteiger partial charge in [0, 0.05) is 17.5 Å². The highest BCUT2D eigenvalue weighted by Gasteiger charge is 2.51. The molecule has 1 saturated carbocycles. The highest BCUT2D eigenvalue weighted by Crippen LogP contribution is 2.60. The van der Waals surface area contributed by atoms with Crippen molar-refractivity contribution in [3.63, 3.8) is 0 Å². The fourth-order valence-electron chi connectivity index (χ4n) is 5.26. The Morgan fingerprint density at radius 3 is 2.69 bits per heavy atom. The van der Waals surface area contributed by atoms with Crippen LogP contribution in [0.1, 0.15) is 70.1 Å². The first-order chi connectivity index (χ1) is 15.0. The number of benzene rings is 1. The Morgan fingerprint density at radius 2 is 1.94 bits per heavy atom. The van der Waals surface area contributed by atoms with Gasteiger partial charge in [-0.3, -0.25) is 5.32 Å². The monoisotopic (exact) mass is 433 g/mol. The molecule has 170 valence electrons. The van der Waals surface area contributed by atoms with Crippen LogP contribution in [0.5, 0.6) is 0 Å². The van der Waals surface area contributed by atoms with Gasteiger partial charge in [-0.1, -0.05) is 44.2 Å². The van der Waals surface area contributed by atoms with E-state index in [2.05, 4.69) is 54.5 Å². The highest BCUT2D eigenvalue weighted by atomic mass is 16.6. The van der Waals surface area contributed by atoms with Gasteiger partial charge in [0.2, 0.25) is 0 Å². The summed E-state index contributed by atoms with van der Waals surface area (Å²) in [5, 5.41) is 2.75.